The predicted molar refractivity (Wildman–Crippen MR) is 130 cm³/mol. The number of carbonyl (C=O) groups excluding carboxylic acids is 1. The number of hydrogen-bond acceptors (Lipinski definition) is 7. The first-order valence-electron chi connectivity index (χ1n) is 9.37. The van der Waals surface area contributed by atoms with Gasteiger partial charge < -0.3 is 10.1 Å². The lowest BCUT2D eigenvalue weighted by atomic mass is 10.1. The second-order valence-electron chi connectivity index (χ2n) is 6.71. The van der Waals surface area contributed by atoms with Crippen molar-refractivity contribution in [1.82, 2.24) is 0 Å². The normalized spacial score (nSPS) is 10.9. The van der Waals surface area contributed by atoms with Gasteiger partial charge in [-0.1, -0.05) is 0 Å². The number of non-ortho nitro benzene ring substituents is 1. The van der Waals surface area contributed by atoms with Gasteiger partial charge in [0.15, 0.2) is 5.75 Å². The molecule has 0 saturated carbocycles. The van der Waals surface area contributed by atoms with Crippen molar-refractivity contribution in [2.45, 2.75) is 0 Å². The number of nitrogens with zero attached hydrogens (tertiary/aromatic N) is 3. The van der Waals surface area contributed by atoms with Crippen LogP contribution in [0, 0.1) is 37.4 Å². The average Bonchev–Trinajstić information content (AvgIpc) is 2.81. The van der Waals surface area contributed by atoms with Gasteiger partial charge in [-0.25, -0.2) is 4.39 Å². The van der Waals surface area contributed by atoms with Crippen molar-refractivity contribution in [3.8, 4) is 17.6 Å². The second-order valence-corrected chi connectivity index (χ2v) is 8.42. The van der Waals surface area contributed by atoms with E-state index in [2.05, 4.69) is 37.2 Å². The molecule has 0 aliphatic heterocycles. The molecule has 3 aromatic rings. The van der Waals surface area contributed by atoms with E-state index in [1.807, 2.05) is 0 Å². The van der Waals surface area contributed by atoms with E-state index < -0.39 is 32.9 Å². The summed E-state index contributed by atoms with van der Waals surface area (Å²) in [6.07, 6.45) is 1.30. The van der Waals surface area contributed by atoms with Gasteiger partial charge in [0.2, 0.25) is 5.75 Å². The Bertz CT molecular complexity index is 1400. The number of anilines is 1. The average molecular weight is 606 g/mol. The molecule has 0 bridgehead atoms. The number of carbonyl (C=O) groups is 1. The van der Waals surface area contributed by atoms with Gasteiger partial charge in [0.05, 0.1) is 24.9 Å². The molecule has 0 atom stereocenters. The summed E-state index contributed by atoms with van der Waals surface area (Å²) >= 11 is 6.57. The van der Waals surface area contributed by atoms with Crippen LogP contribution in [0.15, 0.2) is 69.1 Å². The lowest BCUT2D eigenvalue weighted by Crippen LogP contribution is -2.13. The van der Waals surface area contributed by atoms with Crippen molar-refractivity contribution in [3.05, 3.63) is 101 Å². The zero-order valence-electron chi connectivity index (χ0n) is 17.2. The molecule has 10 nitrogen and oxygen atoms in total. The number of amides is 1. The number of nitro groups is 2. The zero-order chi connectivity index (χ0) is 25.7. The molecule has 0 spiro atoms. The Balaban J connectivity index is 1.89. The van der Waals surface area contributed by atoms with Crippen molar-refractivity contribution in [3.63, 3.8) is 0 Å². The van der Waals surface area contributed by atoms with Crippen LogP contribution < -0.4 is 10.1 Å². The summed E-state index contributed by atoms with van der Waals surface area (Å²) in [5.74, 6) is -1.31. The summed E-state index contributed by atoms with van der Waals surface area (Å²) in [5.41, 5.74) is -0.613. The highest BCUT2D eigenvalue weighted by atomic mass is 79.9. The predicted octanol–water partition coefficient (Wildman–Crippen LogP) is 6.51. The number of nitriles is 1. The lowest BCUT2D eigenvalue weighted by Gasteiger charge is -2.11. The monoisotopic (exact) mass is 604 g/mol. The Morgan fingerprint density at radius 2 is 1.66 bits per heavy atom. The molecule has 0 aliphatic carbocycles. The van der Waals surface area contributed by atoms with Crippen molar-refractivity contribution < 1.29 is 23.8 Å². The molecule has 0 aromatic heterocycles. The largest absolute Gasteiger partial charge is 0.448 e. The molecule has 0 unspecified atom stereocenters. The third kappa shape index (κ3) is 6.25. The molecule has 35 heavy (non-hydrogen) atoms. The molecule has 0 saturated heterocycles. The number of benzene rings is 3. The van der Waals surface area contributed by atoms with Crippen molar-refractivity contribution in [2.75, 3.05) is 5.32 Å². The quantitative estimate of drug-likeness (QED) is 0.140. The molecule has 3 aromatic carbocycles. The van der Waals surface area contributed by atoms with Gasteiger partial charge in [-0.05, 0) is 86.0 Å². The van der Waals surface area contributed by atoms with Gasteiger partial charge >= 0.3 is 5.69 Å². The van der Waals surface area contributed by atoms with Crippen LogP contribution in [0.25, 0.3) is 6.08 Å². The van der Waals surface area contributed by atoms with Crippen LogP contribution in [0.3, 0.4) is 0 Å². The molecule has 0 radical (unpaired) electrons. The topological polar surface area (TPSA) is 148 Å². The second kappa shape index (κ2) is 10.9. The third-order valence-electron chi connectivity index (χ3n) is 4.36. The van der Waals surface area contributed by atoms with Gasteiger partial charge in [0, 0.05) is 11.8 Å². The van der Waals surface area contributed by atoms with Crippen molar-refractivity contribution in [1.29, 1.82) is 5.26 Å². The van der Waals surface area contributed by atoms with E-state index in [-0.39, 0.29) is 17.1 Å². The van der Waals surface area contributed by atoms with E-state index in [9.17, 15) is 34.7 Å². The molecule has 0 fully saturated rings. The molecular formula is C22H11Br2FN4O6. The fraction of sp³-hybridized carbons (Fsp3) is 0. The number of hydrogen-bond donors (Lipinski definition) is 1. The summed E-state index contributed by atoms with van der Waals surface area (Å²) in [4.78, 5) is 33.1. The van der Waals surface area contributed by atoms with Gasteiger partial charge in [-0.15, -0.1) is 0 Å². The van der Waals surface area contributed by atoms with Crippen molar-refractivity contribution in [2.24, 2.45) is 0 Å². The highest BCUT2D eigenvalue weighted by molar-refractivity contribution is 9.11. The third-order valence-corrected chi connectivity index (χ3v) is 5.54. The smallest absolute Gasteiger partial charge is 0.318 e. The first-order valence-corrected chi connectivity index (χ1v) is 11.0. The molecule has 3 rings (SSSR count). The number of nitrogens with one attached hydrogen (secondary N) is 1. The molecule has 1 amide bonds. The standard InChI is InChI=1S/C22H11Br2FN4O6/c23-17-8-12(7-13(11-26)22(30)27-15-3-1-14(25)2-4-15)9-18(24)21(17)35-20-6-5-16(28(31)32)10-19(20)29(33)34/h1-10H,(H,27,30)/b13-7+. The minimum atomic E-state index is -0.805. The number of halogens is 3. The van der Waals surface area contributed by atoms with Crippen molar-refractivity contribution >= 4 is 60.9 Å². The van der Waals surface area contributed by atoms with Crippen LogP contribution in [0.4, 0.5) is 21.5 Å². The summed E-state index contributed by atoms with van der Waals surface area (Å²) in [5, 5.41) is 34.2. The molecule has 13 heteroatoms. The van der Waals surface area contributed by atoms with E-state index in [1.165, 1.54) is 30.3 Å². The number of rotatable bonds is 7. The van der Waals surface area contributed by atoms with Gasteiger partial charge in [-0.3, -0.25) is 25.0 Å². The highest BCUT2D eigenvalue weighted by Gasteiger charge is 2.23. The van der Waals surface area contributed by atoms with Crippen LogP contribution in [0.2, 0.25) is 0 Å². The molecule has 176 valence electrons. The van der Waals surface area contributed by atoms with E-state index >= 15 is 0 Å². The van der Waals surface area contributed by atoms with Crippen LogP contribution in [0.5, 0.6) is 11.5 Å². The van der Waals surface area contributed by atoms with Crippen LogP contribution in [0.1, 0.15) is 5.56 Å². The lowest BCUT2D eigenvalue weighted by molar-refractivity contribution is -0.394. The fourth-order valence-corrected chi connectivity index (χ4v) is 4.15. The Labute approximate surface area is 213 Å². The maximum atomic E-state index is 13.0. The summed E-state index contributed by atoms with van der Waals surface area (Å²) in [6.45, 7) is 0. The minimum Gasteiger partial charge on any atom is -0.448 e. The zero-order valence-corrected chi connectivity index (χ0v) is 20.4. The van der Waals surface area contributed by atoms with Gasteiger partial charge in [-0.2, -0.15) is 5.26 Å². The number of nitro benzene ring substituents is 2. The molecule has 0 heterocycles. The maximum absolute atomic E-state index is 13.0. The maximum Gasteiger partial charge on any atom is 0.318 e. The van der Waals surface area contributed by atoms with Crippen LogP contribution in [-0.2, 0) is 4.79 Å². The fourth-order valence-electron chi connectivity index (χ4n) is 2.77. The van der Waals surface area contributed by atoms with E-state index in [1.54, 1.807) is 6.07 Å². The summed E-state index contributed by atoms with van der Waals surface area (Å²) in [7, 11) is 0. The minimum absolute atomic E-state index is 0.119. The van der Waals surface area contributed by atoms with Crippen LogP contribution in [-0.4, -0.2) is 15.8 Å². The highest BCUT2D eigenvalue weighted by Crippen LogP contribution is 2.41. The van der Waals surface area contributed by atoms with E-state index in [0.717, 1.165) is 30.3 Å². The Morgan fingerprint density at radius 3 is 2.20 bits per heavy atom. The molecule has 0 aliphatic rings. The van der Waals surface area contributed by atoms with E-state index in [4.69, 9.17) is 4.74 Å². The van der Waals surface area contributed by atoms with Gasteiger partial charge in [0.1, 0.15) is 17.5 Å². The first kappa shape index (κ1) is 25.5. The summed E-state index contributed by atoms with van der Waals surface area (Å²) in [6, 6.07) is 12.8. The van der Waals surface area contributed by atoms with Gasteiger partial charge in [0.25, 0.3) is 11.6 Å². The molecular weight excluding hydrogens is 595 g/mol. The van der Waals surface area contributed by atoms with Crippen LogP contribution >= 0.6 is 31.9 Å². The Morgan fingerprint density at radius 1 is 1.03 bits per heavy atom. The van der Waals surface area contributed by atoms with E-state index in [0.29, 0.717) is 20.2 Å². The summed E-state index contributed by atoms with van der Waals surface area (Å²) < 4.78 is 19.3. The first-order chi connectivity index (χ1) is 16.6. The SMILES string of the molecule is N#C/C(=C\c1cc(Br)c(Oc2ccc([N+](=O)[O-])cc2[N+](=O)[O-])c(Br)c1)C(=O)Nc1ccc(F)cc1. The molecule has 1 N–H and O–H groups in total. The Kier molecular flexibility index (Phi) is 7.90. The Hall–Kier alpha value is -4.15. The number of ether oxygens (including phenoxy) is 1.